The highest BCUT2D eigenvalue weighted by Crippen LogP contribution is 2.49. The fraction of sp³-hybridized carbons (Fsp3) is 1.00. The molecule has 8 heteroatoms. The summed E-state index contributed by atoms with van der Waals surface area (Å²) in [6, 6.07) is 0.467. The second kappa shape index (κ2) is 10.9. The largest absolute Gasteiger partial charge is 0.395 e. The van der Waals surface area contributed by atoms with E-state index >= 15 is 0 Å². The van der Waals surface area contributed by atoms with Crippen molar-refractivity contribution < 1.29 is 13.5 Å². The third-order valence-electron chi connectivity index (χ3n) is 11.0. The van der Waals surface area contributed by atoms with E-state index in [4.69, 9.17) is 0 Å². The van der Waals surface area contributed by atoms with Crippen molar-refractivity contribution in [3.63, 3.8) is 0 Å². The van der Waals surface area contributed by atoms with Crippen LogP contribution in [0.25, 0.3) is 0 Å². The Hall–Kier alpha value is -0.250. The van der Waals surface area contributed by atoms with Crippen molar-refractivity contribution in [3.8, 4) is 0 Å². The summed E-state index contributed by atoms with van der Waals surface area (Å²) in [5.41, 5.74) is -0.599. The molecule has 2 N–H and O–H groups in total. The molecule has 3 saturated heterocycles. The minimum absolute atomic E-state index is 0.206. The predicted octanol–water partition coefficient (Wildman–Crippen LogP) is 2.77. The molecule has 3 aliphatic heterocycles. The number of fused-ring (bicyclic) bond motifs is 1. The number of likely N-dealkylation sites (N-methyl/N-ethyl adjacent to an activating group) is 1. The Labute approximate surface area is 214 Å². The maximum Gasteiger partial charge on any atom is 0.244 e. The summed E-state index contributed by atoms with van der Waals surface area (Å²) < 4.78 is 29.0. The molecule has 0 radical (unpaired) electrons. The third-order valence-corrected chi connectivity index (χ3v) is 13.1. The molecule has 0 aromatic carbocycles. The van der Waals surface area contributed by atoms with Gasteiger partial charge in [0.15, 0.2) is 5.50 Å². The van der Waals surface area contributed by atoms with Gasteiger partial charge in [-0.1, -0.05) is 26.7 Å². The van der Waals surface area contributed by atoms with E-state index in [2.05, 4.69) is 24.1 Å². The number of sulfonamides is 1. The molecular formula is C27H50N4O3S. The van der Waals surface area contributed by atoms with Crippen LogP contribution in [0.15, 0.2) is 0 Å². The molecule has 7 nitrogen and oxygen atoms in total. The van der Waals surface area contributed by atoms with Gasteiger partial charge in [0.25, 0.3) is 0 Å². The van der Waals surface area contributed by atoms with Gasteiger partial charge in [-0.15, -0.1) is 0 Å². The van der Waals surface area contributed by atoms with Gasteiger partial charge in [0.1, 0.15) is 0 Å². The second-order valence-corrected chi connectivity index (χ2v) is 14.6. The lowest BCUT2D eigenvalue weighted by Gasteiger charge is -2.60. The van der Waals surface area contributed by atoms with Gasteiger partial charge in [-0.25, -0.2) is 8.42 Å². The van der Waals surface area contributed by atoms with E-state index < -0.39 is 15.5 Å². The lowest BCUT2D eigenvalue weighted by Crippen LogP contribution is -2.71. The first kappa shape index (κ1) is 26.4. The number of hydrogen-bond acceptors (Lipinski definition) is 6. The van der Waals surface area contributed by atoms with Crippen molar-refractivity contribution in [3.05, 3.63) is 0 Å². The van der Waals surface area contributed by atoms with Crippen molar-refractivity contribution in [2.45, 2.75) is 89.2 Å². The number of rotatable bonds is 5. The maximum absolute atomic E-state index is 13.6. The smallest absolute Gasteiger partial charge is 0.244 e. The van der Waals surface area contributed by atoms with Gasteiger partial charge in [-0.05, 0) is 94.0 Å². The predicted molar refractivity (Wildman–Crippen MR) is 140 cm³/mol. The minimum Gasteiger partial charge on any atom is -0.395 e. The van der Waals surface area contributed by atoms with Crippen LogP contribution in [-0.2, 0) is 10.0 Å². The summed E-state index contributed by atoms with van der Waals surface area (Å²) in [5.74, 6) is 4.52. The van der Waals surface area contributed by atoms with E-state index in [9.17, 15) is 13.5 Å². The van der Waals surface area contributed by atoms with Crippen molar-refractivity contribution in [2.75, 3.05) is 46.4 Å². The van der Waals surface area contributed by atoms with Gasteiger partial charge >= 0.3 is 0 Å². The van der Waals surface area contributed by atoms with Crippen LogP contribution in [0.3, 0.4) is 0 Å². The van der Waals surface area contributed by atoms with Crippen molar-refractivity contribution >= 4 is 10.0 Å². The van der Waals surface area contributed by atoms with Crippen LogP contribution in [0.1, 0.15) is 71.6 Å². The molecule has 7 atom stereocenters. The Morgan fingerprint density at radius 3 is 2.31 bits per heavy atom. The lowest BCUT2D eigenvalue weighted by molar-refractivity contribution is -0.123. The van der Waals surface area contributed by atoms with Gasteiger partial charge in [0.2, 0.25) is 10.0 Å². The molecule has 0 amide bonds. The Morgan fingerprint density at radius 1 is 0.914 bits per heavy atom. The summed E-state index contributed by atoms with van der Waals surface area (Å²) in [5, 5.41) is 13.6. The third kappa shape index (κ3) is 4.97. The molecule has 5 unspecified atom stereocenters. The summed E-state index contributed by atoms with van der Waals surface area (Å²) in [6.07, 6.45) is 11.3. The van der Waals surface area contributed by atoms with Crippen LogP contribution >= 0.6 is 0 Å². The minimum atomic E-state index is -3.43. The molecule has 5 aliphatic rings. The molecule has 5 rings (SSSR count). The quantitative estimate of drug-likeness (QED) is 0.592. The highest BCUT2D eigenvalue weighted by Gasteiger charge is 2.53. The van der Waals surface area contributed by atoms with E-state index in [1.54, 1.807) is 4.31 Å². The molecule has 0 aromatic rings. The molecule has 202 valence electrons. The fourth-order valence-electron chi connectivity index (χ4n) is 8.73. The molecule has 2 aliphatic carbocycles. The highest BCUT2D eigenvalue weighted by atomic mass is 32.2. The van der Waals surface area contributed by atoms with Gasteiger partial charge in [-0.3, -0.25) is 15.1 Å². The Balaban J connectivity index is 1.27. The number of nitrogens with one attached hydrogen (secondary N) is 1. The summed E-state index contributed by atoms with van der Waals surface area (Å²) in [6.45, 7) is 8.85. The van der Waals surface area contributed by atoms with Crippen LogP contribution < -0.4 is 5.32 Å². The fourth-order valence-corrected chi connectivity index (χ4v) is 10.6. The molecular weight excluding hydrogens is 460 g/mol. The Bertz CT molecular complexity index is 817. The van der Waals surface area contributed by atoms with Crippen LogP contribution in [0.5, 0.6) is 0 Å². The first-order valence-electron chi connectivity index (χ1n) is 14.6. The van der Waals surface area contributed by atoms with E-state index in [0.717, 1.165) is 56.1 Å². The normalized spacial score (nSPS) is 44.9. The molecule has 2 saturated carbocycles. The Kier molecular flexibility index (Phi) is 8.17. The van der Waals surface area contributed by atoms with Gasteiger partial charge in [-0.2, -0.15) is 4.31 Å². The monoisotopic (exact) mass is 510 g/mol. The SMILES string of the molecule is CC1CCCC(C2CCC([C@H]3C4CN(S(=O)(=O)C5NCCN5C)CCCCN4[C@@H]3CO)CC2)C1C. The zero-order chi connectivity index (χ0) is 24.7. The average molecular weight is 511 g/mol. The number of aliphatic hydroxyl groups is 1. The number of hydrogen-bond donors (Lipinski definition) is 2. The summed E-state index contributed by atoms with van der Waals surface area (Å²) in [4.78, 5) is 4.38. The molecule has 0 spiro atoms. The van der Waals surface area contributed by atoms with Crippen molar-refractivity contribution in [1.82, 2.24) is 19.4 Å². The maximum atomic E-state index is 13.6. The van der Waals surface area contributed by atoms with E-state index in [0.29, 0.717) is 24.9 Å². The molecule has 0 bridgehead atoms. The second-order valence-electron chi connectivity index (χ2n) is 12.6. The zero-order valence-electron chi connectivity index (χ0n) is 22.3. The van der Waals surface area contributed by atoms with Crippen LogP contribution in [0.4, 0.5) is 0 Å². The zero-order valence-corrected chi connectivity index (χ0v) is 23.1. The lowest BCUT2D eigenvalue weighted by atomic mass is 9.60. The van der Waals surface area contributed by atoms with Crippen molar-refractivity contribution in [1.29, 1.82) is 0 Å². The molecule has 35 heavy (non-hydrogen) atoms. The summed E-state index contributed by atoms with van der Waals surface area (Å²) in [7, 11) is -1.53. The molecule has 5 fully saturated rings. The van der Waals surface area contributed by atoms with E-state index in [1.165, 1.54) is 44.9 Å². The Morgan fingerprint density at radius 2 is 1.63 bits per heavy atom. The molecule has 3 heterocycles. The topological polar surface area (TPSA) is 76.1 Å². The van der Waals surface area contributed by atoms with Crippen LogP contribution in [-0.4, -0.2) is 91.6 Å². The molecule has 0 aromatic heterocycles. The van der Waals surface area contributed by atoms with Crippen molar-refractivity contribution in [2.24, 2.45) is 35.5 Å². The summed E-state index contributed by atoms with van der Waals surface area (Å²) >= 11 is 0. The van der Waals surface area contributed by atoms with E-state index in [1.807, 2.05) is 11.9 Å². The number of nitrogens with zero attached hydrogens (tertiary/aromatic N) is 3. The first-order valence-corrected chi connectivity index (χ1v) is 16.1. The van der Waals surface area contributed by atoms with E-state index in [-0.39, 0.29) is 18.7 Å². The van der Waals surface area contributed by atoms with Crippen LogP contribution in [0.2, 0.25) is 0 Å². The first-order chi connectivity index (χ1) is 16.8. The van der Waals surface area contributed by atoms with Gasteiger partial charge in [0, 0.05) is 38.3 Å². The van der Waals surface area contributed by atoms with Gasteiger partial charge in [0.05, 0.1) is 6.61 Å². The standard InChI is InChI=1S/C27H50N4O3S/c1-19-7-6-8-23(20(19)2)21-9-11-22(12-10-21)26-24-17-30(14-4-5-15-31(24)25(26)18-32)35(33,34)27-28-13-16-29(27)3/h19-28,32H,4-18H2,1-3H3/t19?,20?,21?,22?,23?,24?,25-,26+,27?/m1/s1. The average Bonchev–Trinajstić information content (AvgIpc) is 3.27. The van der Waals surface area contributed by atoms with Gasteiger partial charge < -0.3 is 5.11 Å². The van der Waals surface area contributed by atoms with Crippen LogP contribution in [0, 0.1) is 35.5 Å². The highest BCUT2D eigenvalue weighted by molar-refractivity contribution is 7.89. The number of aliphatic hydroxyl groups excluding tert-OH is 1.